The van der Waals surface area contributed by atoms with Crippen LogP contribution < -0.4 is 0 Å². The molecule has 0 amide bonds. The Bertz CT molecular complexity index is 2120. The van der Waals surface area contributed by atoms with Gasteiger partial charge in [-0.15, -0.1) is 0 Å². The monoisotopic (exact) mass is 909 g/mol. The van der Waals surface area contributed by atoms with Crippen LogP contribution in [0.4, 0.5) is 0 Å². The van der Waals surface area contributed by atoms with Gasteiger partial charge in [0.25, 0.3) is 0 Å². The Hall–Kier alpha value is -1.96. The number of hydrogen-bond acceptors (Lipinski definition) is 0. The molecule has 6 rings (SSSR count). The second-order valence-electron chi connectivity index (χ2n) is 22.6. The van der Waals surface area contributed by atoms with Crippen LogP contribution in [0.1, 0.15) is 174 Å². The molecule has 2 unspecified atom stereocenters. The molecule has 0 spiro atoms. The molecule has 0 saturated heterocycles. The van der Waals surface area contributed by atoms with Crippen molar-refractivity contribution in [3.63, 3.8) is 0 Å². The van der Waals surface area contributed by atoms with Gasteiger partial charge >= 0.3 is 366 Å². The van der Waals surface area contributed by atoms with E-state index in [4.69, 9.17) is 17.0 Å². The van der Waals surface area contributed by atoms with Crippen molar-refractivity contribution in [2.45, 2.75) is 166 Å². The van der Waals surface area contributed by atoms with E-state index in [0.29, 0.717) is 0 Å². The topological polar surface area (TPSA) is 0 Å². The number of rotatable bonds is 7. The first-order valence-corrected chi connectivity index (χ1v) is 38.4. The Kier molecular flexibility index (Phi) is 11.9. The number of aryl methyl sites for hydroxylation is 2. The Labute approximate surface area is 363 Å². The SMILES string of the molecule is CCc1cc(-c2cc(C(C)(C)C)cc(C(C)(C)C)c2)c2c(c1)[CH]([Zr]([Cl])([Cl])([CH]1C(C)=Cc3c(-c4cc(C(C)(C)C)cc(C(C)(C)C)c4)cc(CC)cc31)[SiH](C)C)C(C)=C2. The molecule has 0 aromatic heterocycles. The van der Waals surface area contributed by atoms with E-state index >= 15 is 0 Å². The molecule has 0 radical (unpaired) electrons. The molecule has 2 aliphatic carbocycles. The third-order valence-corrected chi connectivity index (χ3v) is 66.1. The Balaban J connectivity index is 1.62. The number of benzene rings is 4. The van der Waals surface area contributed by atoms with Crippen LogP contribution in [0.5, 0.6) is 0 Å². The van der Waals surface area contributed by atoms with Crippen LogP contribution in [0.25, 0.3) is 34.4 Å². The fourth-order valence-electron chi connectivity index (χ4n) is 9.87. The van der Waals surface area contributed by atoms with E-state index in [1.165, 1.54) is 89.0 Å². The summed E-state index contributed by atoms with van der Waals surface area (Å²) in [7, 11) is 17.7. The first kappa shape index (κ1) is 45.6. The first-order valence-electron chi connectivity index (χ1n) is 22.1. The molecule has 4 aromatic carbocycles. The minimum atomic E-state index is -4.96. The number of fused-ring (bicyclic) bond motifs is 2. The molecule has 2 atom stereocenters. The van der Waals surface area contributed by atoms with Crippen LogP contribution in [0.15, 0.2) is 71.8 Å². The minimum absolute atomic E-state index is 0.0271. The van der Waals surface area contributed by atoms with Gasteiger partial charge in [-0.3, -0.25) is 0 Å². The van der Waals surface area contributed by atoms with Gasteiger partial charge in [0.15, 0.2) is 0 Å². The Morgan fingerprint density at radius 2 is 0.776 bits per heavy atom. The van der Waals surface area contributed by atoms with Crippen molar-refractivity contribution in [3.05, 3.63) is 127 Å². The van der Waals surface area contributed by atoms with Crippen molar-refractivity contribution in [1.29, 1.82) is 0 Å². The van der Waals surface area contributed by atoms with E-state index in [2.05, 4.69) is 197 Å². The summed E-state index contributed by atoms with van der Waals surface area (Å²) in [6.45, 7) is 42.2. The number of hydrogen-bond donors (Lipinski definition) is 0. The molecule has 0 N–H and O–H groups in total. The average molecular weight is 912 g/mol. The second-order valence-corrected chi connectivity index (χ2v) is 65.1. The molecule has 58 heavy (non-hydrogen) atoms. The molecular formula is C54H73Cl2SiZr. The van der Waals surface area contributed by atoms with Crippen LogP contribution >= 0.6 is 17.0 Å². The van der Waals surface area contributed by atoms with Gasteiger partial charge in [-0.1, -0.05) is 0 Å². The maximum atomic E-state index is 8.87. The van der Waals surface area contributed by atoms with Crippen LogP contribution in [0.3, 0.4) is 0 Å². The first-order chi connectivity index (χ1) is 26.5. The van der Waals surface area contributed by atoms with Gasteiger partial charge in [0.2, 0.25) is 0 Å². The van der Waals surface area contributed by atoms with Crippen molar-refractivity contribution in [2.24, 2.45) is 0 Å². The summed E-state index contributed by atoms with van der Waals surface area (Å²) >= 11 is -4.96. The Morgan fingerprint density at radius 1 is 0.483 bits per heavy atom. The van der Waals surface area contributed by atoms with E-state index in [1.54, 1.807) is 0 Å². The zero-order valence-corrected chi connectivity index (χ0v) is 44.5. The van der Waals surface area contributed by atoms with Crippen LogP contribution in [-0.2, 0) is 50.1 Å². The summed E-state index contributed by atoms with van der Waals surface area (Å²) in [6.07, 6.45) is 6.90. The summed E-state index contributed by atoms with van der Waals surface area (Å²) in [4.78, 5) is 0. The number of allylic oxidation sites excluding steroid dienone is 2. The third kappa shape index (κ3) is 7.98. The average Bonchev–Trinajstić information content (AvgIpc) is 3.64. The predicted molar refractivity (Wildman–Crippen MR) is 261 cm³/mol. The number of halogens is 2. The van der Waals surface area contributed by atoms with E-state index < -0.39 is 21.5 Å². The zero-order chi connectivity index (χ0) is 43.3. The fourth-order valence-corrected chi connectivity index (χ4v) is 42.7. The molecule has 0 heterocycles. The van der Waals surface area contributed by atoms with Crippen LogP contribution in [0.2, 0.25) is 13.1 Å². The summed E-state index contributed by atoms with van der Waals surface area (Å²) in [5.41, 5.74) is 21.7. The van der Waals surface area contributed by atoms with E-state index in [-0.39, 0.29) is 28.9 Å². The molecule has 0 fully saturated rings. The predicted octanol–water partition coefficient (Wildman–Crippen LogP) is 16.9. The van der Waals surface area contributed by atoms with Crippen molar-refractivity contribution < 1.29 is 15.6 Å². The fraction of sp³-hybridized carbons (Fsp3) is 0.481. The summed E-state index contributed by atoms with van der Waals surface area (Å²) in [5.74, 6) is -1.71. The van der Waals surface area contributed by atoms with Crippen molar-refractivity contribution >= 4 is 35.1 Å². The summed E-state index contributed by atoms with van der Waals surface area (Å²) < 4.78 is 0.101. The van der Waals surface area contributed by atoms with E-state index in [9.17, 15) is 0 Å². The third-order valence-electron chi connectivity index (χ3n) is 13.8. The molecule has 0 bridgehead atoms. The molecule has 4 aromatic rings. The molecular weight excluding hydrogens is 839 g/mol. The quantitative estimate of drug-likeness (QED) is 0.162. The van der Waals surface area contributed by atoms with Gasteiger partial charge in [0.05, 0.1) is 0 Å². The molecule has 2 aliphatic rings. The van der Waals surface area contributed by atoms with Gasteiger partial charge in [0.1, 0.15) is 0 Å². The molecule has 4 heteroatoms. The van der Waals surface area contributed by atoms with Crippen molar-refractivity contribution in [2.75, 3.05) is 0 Å². The van der Waals surface area contributed by atoms with Crippen molar-refractivity contribution in [3.8, 4) is 22.3 Å². The zero-order valence-electron chi connectivity index (χ0n) is 39.3. The van der Waals surface area contributed by atoms with Gasteiger partial charge in [-0.25, -0.2) is 0 Å². The van der Waals surface area contributed by atoms with Crippen LogP contribution in [-0.4, -0.2) is 5.92 Å². The Morgan fingerprint density at radius 3 is 1.02 bits per heavy atom. The van der Waals surface area contributed by atoms with E-state index in [0.717, 1.165) is 12.8 Å². The standard InChI is InChI=1S/2C26H33.C2H7Si.2ClH.Zr/c2*1-9-18-12-19-10-17(2)11-23(19)24(13-18)20-14-21(25(3,4)5)16-22(15-20)26(6,7)8;1-3-2;;;/h2*10-16H,9H2,1-8H3;3H,1-2H3;2*1H;/q;;;;;+2/p-2. The van der Waals surface area contributed by atoms with Gasteiger partial charge in [-0.2, -0.15) is 0 Å². The normalized spacial score (nSPS) is 18.2. The molecule has 0 saturated carbocycles. The molecule has 0 nitrogen and oxygen atoms in total. The van der Waals surface area contributed by atoms with Crippen LogP contribution in [0, 0.1) is 0 Å². The van der Waals surface area contributed by atoms with Gasteiger partial charge < -0.3 is 0 Å². The van der Waals surface area contributed by atoms with Gasteiger partial charge in [-0.05, 0) is 0 Å². The summed E-state index contributed by atoms with van der Waals surface area (Å²) in [6, 6.07) is 24.6. The van der Waals surface area contributed by atoms with E-state index in [1.807, 2.05) is 0 Å². The second kappa shape index (κ2) is 15.1. The maximum absolute atomic E-state index is 8.87. The van der Waals surface area contributed by atoms with Crippen molar-refractivity contribution in [1.82, 2.24) is 0 Å². The summed E-state index contributed by atoms with van der Waals surface area (Å²) in [5, 5.41) is 0. The van der Waals surface area contributed by atoms with Gasteiger partial charge in [0, 0.05) is 0 Å². The molecule has 0 aliphatic heterocycles. The molecule has 311 valence electrons.